The van der Waals surface area contributed by atoms with E-state index in [9.17, 15) is 0 Å². The summed E-state index contributed by atoms with van der Waals surface area (Å²) in [4.78, 5) is 0. The van der Waals surface area contributed by atoms with Crippen LogP contribution in [0.2, 0.25) is 0 Å². The van der Waals surface area contributed by atoms with Gasteiger partial charge in [-0.1, -0.05) is 42.8 Å². The van der Waals surface area contributed by atoms with Crippen molar-refractivity contribution in [2.24, 2.45) is 10.9 Å². The molecule has 4 nitrogen and oxygen atoms in total. The molecule has 0 saturated heterocycles. The van der Waals surface area contributed by atoms with Crippen LogP contribution in [0.25, 0.3) is 0 Å². The summed E-state index contributed by atoms with van der Waals surface area (Å²) in [6.45, 7) is 5.22. The van der Waals surface area contributed by atoms with Gasteiger partial charge in [-0.25, -0.2) is 0 Å². The first-order valence-electron chi connectivity index (χ1n) is 5.97. The maximum Gasteiger partial charge on any atom is 0.170 e. The Hall–Kier alpha value is -1.55. The van der Waals surface area contributed by atoms with Crippen LogP contribution in [0.1, 0.15) is 37.8 Å². The number of nitrogens with zero attached hydrogens (tertiary/aromatic N) is 1. The minimum atomic E-state index is 0.142. The van der Waals surface area contributed by atoms with Gasteiger partial charge in [0.15, 0.2) is 5.84 Å². The van der Waals surface area contributed by atoms with Crippen LogP contribution < -0.4 is 11.1 Å². The smallest absolute Gasteiger partial charge is 0.170 e. The second kappa shape index (κ2) is 6.91. The van der Waals surface area contributed by atoms with Gasteiger partial charge in [-0.15, -0.1) is 0 Å². The fourth-order valence-corrected chi connectivity index (χ4v) is 1.68. The van der Waals surface area contributed by atoms with Crippen LogP contribution in [-0.2, 0) is 6.54 Å². The van der Waals surface area contributed by atoms with Gasteiger partial charge in [0.1, 0.15) is 0 Å². The topological polar surface area (TPSA) is 70.6 Å². The van der Waals surface area contributed by atoms with Crippen LogP contribution in [-0.4, -0.2) is 17.1 Å². The lowest BCUT2D eigenvalue weighted by atomic mass is 10.1. The van der Waals surface area contributed by atoms with Crippen molar-refractivity contribution in [1.29, 1.82) is 0 Å². The lowest BCUT2D eigenvalue weighted by Crippen LogP contribution is -2.25. The van der Waals surface area contributed by atoms with Crippen LogP contribution in [0.3, 0.4) is 0 Å². The largest absolute Gasteiger partial charge is 0.409 e. The summed E-state index contributed by atoms with van der Waals surface area (Å²) in [7, 11) is 0. The standard InChI is InChI=1S/C13H21N3O/c1-3-4-10(2)15-9-11-5-7-12(8-6-11)13(14)16-17/h5-8,10,15,17H,3-4,9H2,1-2H3,(H2,14,16). The van der Waals surface area contributed by atoms with Gasteiger partial charge in [0, 0.05) is 18.2 Å². The number of amidine groups is 1. The Balaban J connectivity index is 2.51. The first-order valence-corrected chi connectivity index (χ1v) is 5.97. The predicted octanol–water partition coefficient (Wildman–Crippen LogP) is 2.06. The number of benzene rings is 1. The summed E-state index contributed by atoms with van der Waals surface area (Å²) in [5, 5.41) is 15.0. The van der Waals surface area contributed by atoms with Gasteiger partial charge in [0.2, 0.25) is 0 Å². The fraction of sp³-hybridized carbons (Fsp3) is 0.462. The Labute approximate surface area is 103 Å². The van der Waals surface area contributed by atoms with Crippen molar-refractivity contribution in [2.75, 3.05) is 0 Å². The zero-order chi connectivity index (χ0) is 12.7. The number of nitrogens with two attached hydrogens (primary N) is 1. The van der Waals surface area contributed by atoms with Gasteiger partial charge in [-0.2, -0.15) is 0 Å². The van der Waals surface area contributed by atoms with Crippen molar-refractivity contribution in [3.05, 3.63) is 35.4 Å². The van der Waals surface area contributed by atoms with E-state index in [2.05, 4.69) is 24.3 Å². The Bertz CT molecular complexity index is 359. The molecule has 0 heterocycles. The first kappa shape index (κ1) is 13.5. The molecule has 0 bridgehead atoms. The van der Waals surface area contributed by atoms with Gasteiger partial charge in [-0.05, 0) is 18.9 Å². The number of nitrogens with one attached hydrogen (secondary N) is 1. The zero-order valence-electron chi connectivity index (χ0n) is 10.5. The SMILES string of the molecule is CCCC(C)NCc1ccc(C(N)=NO)cc1. The molecule has 17 heavy (non-hydrogen) atoms. The molecule has 0 saturated carbocycles. The van der Waals surface area contributed by atoms with Gasteiger partial charge >= 0.3 is 0 Å². The third-order valence-electron chi connectivity index (χ3n) is 2.73. The van der Waals surface area contributed by atoms with E-state index in [1.54, 1.807) is 0 Å². The quantitative estimate of drug-likeness (QED) is 0.306. The number of hydrogen-bond acceptors (Lipinski definition) is 3. The van der Waals surface area contributed by atoms with Gasteiger partial charge in [0.25, 0.3) is 0 Å². The number of hydrogen-bond donors (Lipinski definition) is 3. The van der Waals surface area contributed by atoms with Crippen LogP contribution in [0.15, 0.2) is 29.4 Å². The maximum absolute atomic E-state index is 8.54. The van der Waals surface area contributed by atoms with Gasteiger partial charge < -0.3 is 16.3 Å². The van der Waals surface area contributed by atoms with Gasteiger partial charge in [0.05, 0.1) is 0 Å². The molecule has 1 unspecified atom stereocenters. The Morgan fingerprint density at radius 1 is 1.41 bits per heavy atom. The van der Waals surface area contributed by atoms with Crippen molar-refractivity contribution in [2.45, 2.75) is 39.3 Å². The van der Waals surface area contributed by atoms with Crippen LogP contribution in [0.5, 0.6) is 0 Å². The molecule has 0 aliphatic heterocycles. The molecule has 0 aliphatic rings. The van der Waals surface area contributed by atoms with Crippen molar-refractivity contribution >= 4 is 5.84 Å². The van der Waals surface area contributed by atoms with Crippen molar-refractivity contribution in [3.8, 4) is 0 Å². The van der Waals surface area contributed by atoms with E-state index in [0.29, 0.717) is 6.04 Å². The summed E-state index contributed by atoms with van der Waals surface area (Å²) in [6.07, 6.45) is 2.37. The molecule has 1 rings (SSSR count). The van der Waals surface area contributed by atoms with E-state index in [0.717, 1.165) is 12.1 Å². The molecule has 1 aromatic rings. The molecule has 1 atom stereocenters. The molecule has 0 aliphatic carbocycles. The van der Waals surface area contributed by atoms with Crippen molar-refractivity contribution in [1.82, 2.24) is 5.32 Å². The molecule has 0 aromatic heterocycles. The highest BCUT2D eigenvalue weighted by molar-refractivity contribution is 5.96. The summed E-state index contributed by atoms with van der Waals surface area (Å²) in [5.41, 5.74) is 7.42. The number of oxime groups is 1. The molecule has 1 aromatic carbocycles. The van der Waals surface area contributed by atoms with E-state index in [1.807, 2.05) is 24.3 Å². The second-order valence-electron chi connectivity index (χ2n) is 4.25. The highest BCUT2D eigenvalue weighted by Crippen LogP contribution is 2.05. The molecule has 4 N–H and O–H groups in total. The third-order valence-corrected chi connectivity index (χ3v) is 2.73. The lowest BCUT2D eigenvalue weighted by Gasteiger charge is -2.12. The van der Waals surface area contributed by atoms with Gasteiger partial charge in [-0.3, -0.25) is 0 Å². The normalized spacial score (nSPS) is 13.6. The van der Waals surface area contributed by atoms with E-state index in [4.69, 9.17) is 10.9 Å². The summed E-state index contributed by atoms with van der Waals surface area (Å²) >= 11 is 0. The minimum Gasteiger partial charge on any atom is -0.409 e. The third kappa shape index (κ3) is 4.44. The molecule has 94 valence electrons. The Kier molecular flexibility index (Phi) is 5.49. The lowest BCUT2D eigenvalue weighted by molar-refractivity contribution is 0.318. The molecular formula is C13H21N3O. The van der Waals surface area contributed by atoms with Crippen LogP contribution >= 0.6 is 0 Å². The maximum atomic E-state index is 8.54. The van der Waals surface area contributed by atoms with E-state index < -0.39 is 0 Å². The molecule has 0 amide bonds. The second-order valence-corrected chi connectivity index (χ2v) is 4.25. The van der Waals surface area contributed by atoms with Crippen molar-refractivity contribution in [3.63, 3.8) is 0 Å². The Morgan fingerprint density at radius 3 is 2.59 bits per heavy atom. The summed E-state index contributed by atoms with van der Waals surface area (Å²) in [5.74, 6) is 0.142. The molecule has 0 radical (unpaired) electrons. The minimum absolute atomic E-state index is 0.142. The highest BCUT2D eigenvalue weighted by atomic mass is 16.4. The number of rotatable bonds is 6. The fourth-order valence-electron chi connectivity index (χ4n) is 1.68. The van der Waals surface area contributed by atoms with E-state index >= 15 is 0 Å². The molecule has 0 spiro atoms. The molecule has 0 fully saturated rings. The molecular weight excluding hydrogens is 214 g/mol. The Morgan fingerprint density at radius 2 is 2.06 bits per heavy atom. The van der Waals surface area contributed by atoms with Crippen LogP contribution in [0.4, 0.5) is 0 Å². The average Bonchev–Trinajstić information content (AvgIpc) is 2.36. The average molecular weight is 235 g/mol. The van der Waals surface area contributed by atoms with E-state index in [-0.39, 0.29) is 5.84 Å². The predicted molar refractivity (Wildman–Crippen MR) is 70.2 cm³/mol. The summed E-state index contributed by atoms with van der Waals surface area (Å²) < 4.78 is 0. The van der Waals surface area contributed by atoms with Crippen molar-refractivity contribution < 1.29 is 5.21 Å². The highest BCUT2D eigenvalue weighted by Gasteiger charge is 2.01. The zero-order valence-corrected chi connectivity index (χ0v) is 10.5. The van der Waals surface area contributed by atoms with Crippen LogP contribution in [0, 0.1) is 0 Å². The first-order chi connectivity index (χ1) is 8.17. The molecule has 4 heteroatoms. The van der Waals surface area contributed by atoms with E-state index in [1.165, 1.54) is 18.4 Å². The monoisotopic (exact) mass is 235 g/mol. The summed E-state index contributed by atoms with van der Waals surface area (Å²) in [6, 6.07) is 8.22.